The van der Waals surface area contributed by atoms with E-state index in [4.69, 9.17) is 4.74 Å². The van der Waals surface area contributed by atoms with Crippen LogP contribution in [0.2, 0.25) is 0 Å². The molecule has 31 heavy (non-hydrogen) atoms. The number of hydrogen-bond donors (Lipinski definition) is 2. The molecule has 1 unspecified atom stereocenters. The second kappa shape index (κ2) is 10.4. The first-order valence-electron chi connectivity index (χ1n) is 10.8. The Kier molecular flexibility index (Phi) is 7.63. The Morgan fingerprint density at radius 1 is 1.35 bits per heavy atom. The number of esters is 1. The first-order valence-corrected chi connectivity index (χ1v) is 10.8. The number of imidazole rings is 2. The van der Waals surface area contributed by atoms with Crippen LogP contribution in [0.5, 0.6) is 0 Å². The average Bonchev–Trinajstić information content (AvgIpc) is 3.44. The van der Waals surface area contributed by atoms with Crippen LogP contribution in [0.1, 0.15) is 54.3 Å². The number of benzene rings is 1. The van der Waals surface area contributed by atoms with Crippen molar-refractivity contribution in [1.29, 1.82) is 0 Å². The van der Waals surface area contributed by atoms with Gasteiger partial charge in [0.15, 0.2) is 0 Å². The number of ether oxygens (including phenoxy) is 1. The van der Waals surface area contributed by atoms with Gasteiger partial charge in [0.25, 0.3) is 0 Å². The molecule has 166 valence electrons. The number of aliphatic hydroxyl groups excluding tert-OH is 1. The maximum Gasteiger partial charge on any atom is 0.309 e. The van der Waals surface area contributed by atoms with Crippen molar-refractivity contribution >= 4 is 5.97 Å². The van der Waals surface area contributed by atoms with Crippen LogP contribution in [-0.4, -0.2) is 37.2 Å². The lowest BCUT2D eigenvalue weighted by Gasteiger charge is -2.23. The van der Waals surface area contributed by atoms with Gasteiger partial charge in [-0.05, 0) is 36.5 Å². The van der Waals surface area contributed by atoms with Crippen molar-refractivity contribution in [3.05, 3.63) is 71.3 Å². The fourth-order valence-electron chi connectivity index (χ4n) is 4.13. The second-order valence-electron chi connectivity index (χ2n) is 8.11. The summed E-state index contributed by atoms with van der Waals surface area (Å²) in [5, 5.41) is 9.94. The predicted molar refractivity (Wildman–Crippen MR) is 118 cm³/mol. The number of nitrogens with zero attached hydrogens (tertiary/aromatic N) is 3. The zero-order chi connectivity index (χ0) is 22.4. The standard InChI is InChI=1S/C24H32N4O3/c1-5-21(19(12-29)9-20-10-26-15-28(20)4)24(30)31-13-18-7-6-8-22(16(18)2)17(3)23-11-25-14-27-23/h6-8,10-11,14-15,17,19,21,29H,5,9,12-13H2,1-4H3,(H,25,27)/t17-,19-,21?/m0/s1. The lowest BCUT2D eigenvalue weighted by Crippen LogP contribution is -2.30. The Morgan fingerprint density at radius 2 is 2.16 bits per heavy atom. The topological polar surface area (TPSA) is 93.0 Å². The highest BCUT2D eigenvalue weighted by atomic mass is 16.5. The molecule has 0 aliphatic carbocycles. The number of H-pyrrole nitrogens is 1. The van der Waals surface area contributed by atoms with E-state index in [1.54, 1.807) is 18.9 Å². The third kappa shape index (κ3) is 5.22. The first-order chi connectivity index (χ1) is 15.0. The molecule has 0 amide bonds. The molecular weight excluding hydrogens is 392 g/mol. The van der Waals surface area contributed by atoms with Gasteiger partial charge in [-0.25, -0.2) is 9.97 Å². The van der Waals surface area contributed by atoms with Crippen LogP contribution in [0, 0.1) is 18.8 Å². The molecule has 0 fully saturated rings. The molecule has 0 aliphatic rings. The van der Waals surface area contributed by atoms with Crippen molar-refractivity contribution < 1.29 is 14.6 Å². The van der Waals surface area contributed by atoms with E-state index in [0.29, 0.717) is 12.8 Å². The normalized spacial score (nSPS) is 14.2. The van der Waals surface area contributed by atoms with Crippen molar-refractivity contribution in [2.24, 2.45) is 18.9 Å². The van der Waals surface area contributed by atoms with Gasteiger partial charge in [0, 0.05) is 43.6 Å². The highest BCUT2D eigenvalue weighted by Crippen LogP contribution is 2.28. The van der Waals surface area contributed by atoms with Crippen molar-refractivity contribution in [3.63, 3.8) is 0 Å². The largest absolute Gasteiger partial charge is 0.461 e. The third-order valence-corrected chi connectivity index (χ3v) is 6.22. The van der Waals surface area contributed by atoms with E-state index in [1.165, 1.54) is 0 Å². The van der Waals surface area contributed by atoms with Gasteiger partial charge in [0.2, 0.25) is 0 Å². The molecule has 7 nitrogen and oxygen atoms in total. The van der Waals surface area contributed by atoms with Gasteiger partial charge in [-0.3, -0.25) is 4.79 Å². The molecule has 0 radical (unpaired) electrons. The highest BCUT2D eigenvalue weighted by Gasteiger charge is 2.29. The Balaban J connectivity index is 1.68. The SMILES string of the molecule is CCC(C(=O)OCc1cccc([C@H](C)c2c[nH]cn2)c1C)[C@H](CO)Cc1cncn1C. The molecule has 0 saturated heterocycles. The van der Waals surface area contributed by atoms with Crippen LogP contribution in [0.15, 0.2) is 43.2 Å². The van der Waals surface area contributed by atoms with Gasteiger partial charge < -0.3 is 19.4 Å². The van der Waals surface area contributed by atoms with E-state index >= 15 is 0 Å². The van der Waals surface area contributed by atoms with Crippen molar-refractivity contribution in [2.45, 2.75) is 46.1 Å². The Bertz CT molecular complexity index is 981. The fourth-order valence-corrected chi connectivity index (χ4v) is 4.13. The van der Waals surface area contributed by atoms with E-state index in [9.17, 15) is 9.90 Å². The molecule has 7 heteroatoms. The zero-order valence-electron chi connectivity index (χ0n) is 18.7. The number of carbonyl (C=O) groups excluding carboxylic acids is 1. The molecule has 0 saturated carbocycles. The lowest BCUT2D eigenvalue weighted by molar-refractivity contribution is -0.152. The Hall–Kier alpha value is -2.93. The number of rotatable bonds is 10. The number of aromatic nitrogens is 4. The molecule has 0 spiro atoms. The second-order valence-corrected chi connectivity index (χ2v) is 8.11. The summed E-state index contributed by atoms with van der Waals surface area (Å²) >= 11 is 0. The third-order valence-electron chi connectivity index (χ3n) is 6.22. The Morgan fingerprint density at radius 3 is 2.77 bits per heavy atom. The smallest absolute Gasteiger partial charge is 0.309 e. The van der Waals surface area contributed by atoms with Gasteiger partial charge in [0.1, 0.15) is 6.61 Å². The molecule has 2 N–H and O–H groups in total. The quantitative estimate of drug-likeness (QED) is 0.486. The van der Waals surface area contributed by atoms with Gasteiger partial charge in [-0.15, -0.1) is 0 Å². The molecule has 3 aromatic rings. The number of carbonyl (C=O) groups is 1. The number of aliphatic hydroxyl groups is 1. The maximum atomic E-state index is 12.9. The highest BCUT2D eigenvalue weighted by molar-refractivity contribution is 5.72. The summed E-state index contributed by atoms with van der Waals surface area (Å²) in [4.78, 5) is 24.4. The molecule has 0 aliphatic heterocycles. The predicted octanol–water partition coefficient (Wildman–Crippen LogP) is 3.52. The number of aromatic amines is 1. The molecule has 1 aromatic carbocycles. The van der Waals surface area contributed by atoms with Crippen molar-refractivity contribution in [3.8, 4) is 0 Å². The minimum atomic E-state index is -0.369. The van der Waals surface area contributed by atoms with Crippen molar-refractivity contribution in [2.75, 3.05) is 6.61 Å². The van der Waals surface area contributed by atoms with E-state index in [-0.39, 0.29) is 36.9 Å². The van der Waals surface area contributed by atoms with Crippen LogP contribution >= 0.6 is 0 Å². The van der Waals surface area contributed by atoms with Gasteiger partial charge in [0.05, 0.1) is 24.3 Å². The van der Waals surface area contributed by atoms with Gasteiger partial charge >= 0.3 is 5.97 Å². The van der Waals surface area contributed by atoms with E-state index in [1.807, 2.05) is 36.9 Å². The molecule has 3 atom stereocenters. The lowest BCUT2D eigenvalue weighted by atomic mass is 9.87. The minimum Gasteiger partial charge on any atom is -0.461 e. The number of nitrogens with one attached hydrogen (secondary N) is 1. The van der Waals surface area contributed by atoms with Crippen LogP contribution < -0.4 is 0 Å². The van der Waals surface area contributed by atoms with Gasteiger partial charge in [-0.2, -0.15) is 0 Å². The summed E-state index contributed by atoms with van der Waals surface area (Å²) in [5.41, 5.74) is 5.21. The summed E-state index contributed by atoms with van der Waals surface area (Å²) < 4.78 is 7.64. The fraction of sp³-hybridized carbons (Fsp3) is 0.458. The number of hydrogen-bond acceptors (Lipinski definition) is 5. The van der Waals surface area contributed by atoms with E-state index in [0.717, 1.165) is 28.1 Å². The van der Waals surface area contributed by atoms with Crippen LogP contribution in [0.25, 0.3) is 0 Å². The molecule has 3 rings (SSSR count). The summed E-state index contributed by atoms with van der Waals surface area (Å²) in [7, 11) is 1.91. The van der Waals surface area contributed by atoms with E-state index < -0.39 is 0 Å². The van der Waals surface area contributed by atoms with Crippen molar-refractivity contribution in [1.82, 2.24) is 19.5 Å². The zero-order valence-corrected chi connectivity index (χ0v) is 18.7. The summed E-state index contributed by atoms with van der Waals surface area (Å²) in [5.74, 6) is -0.705. The van der Waals surface area contributed by atoms with Gasteiger partial charge in [-0.1, -0.05) is 32.0 Å². The maximum absolute atomic E-state index is 12.9. The molecule has 0 bridgehead atoms. The number of aryl methyl sites for hydroxylation is 1. The van der Waals surface area contributed by atoms with Crippen LogP contribution in [0.4, 0.5) is 0 Å². The summed E-state index contributed by atoms with van der Waals surface area (Å²) in [6, 6.07) is 6.07. The summed E-state index contributed by atoms with van der Waals surface area (Å²) in [6.45, 7) is 6.26. The molecule has 2 aromatic heterocycles. The molecule has 2 heterocycles. The Labute approximate surface area is 183 Å². The van der Waals surface area contributed by atoms with Crippen LogP contribution in [0.3, 0.4) is 0 Å². The first kappa shape index (κ1) is 22.7. The molecular formula is C24H32N4O3. The monoisotopic (exact) mass is 424 g/mol. The minimum absolute atomic E-state index is 0.0749. The average molecular weight is 425 g/mol. The van der Waals surface area contributed by atoms with Crippen LogP contribution in [-0.2, 0) is 29.6 Å². The summed E-state index contributed by atoms with van der Waals surface area (Å²) in [6.07, 6.45) is 8.27. The van der Waals surface area contributed by atoms with E-state index in [2.05, 4.69) is 34.9 Å².